The molecule has 4 aromatic carbocycles. The lowest BCUT2D eigenvalue weighted by Crippen LogP contribution is -2.34. The maximum absolute atomic E-state index is 12.5. The zero-order valence-electron chi connectivity index (χ0n) is 26.3. The number of hydrogen-bond donors (Lipinski definition) is 4. The van der Waals surface area contributed by atoms with Gasteiger partial charge in [-0.25, -0.2) is 0 Å². The minimum Gasteiger partial charge on any atom is -0.489 e. The van der Waals surface area contributed by atoms with E-state index in [2.05, 4.69) is 20.9 Å². The van der Waals surface area contributed by atoms with Gasteiger partial charge in [0, 0.05) is 37.4 Å². The Morgan fingerprint density at radius 2 is 0.917 bits per heavy atom. The van der Waals surface area contributed by atoms with E-state index in [4.69, 9.17) is 9.47 Å². The van der Waals surface area contributed by atoms with Crippen LogP contribution in [0.25, 0.3) is 0 Å². The van der Waals surface area contributed by atoms with Crippen LogP contribution in [-0.4, -0.2) is 58.2 Å². The second-order valence-corrected chi connectivity index (χ2v) is 13.1. The number of carbonyl (C=O) groups excluding carboxylic acids is 2. The Hall–Kier alpha value is -4.94. The van der Waals surface area contributed by atoms with Crippen LogP contribution < -0.4 is 20.1 Å². The second-order valence-electron chi connectivity index (χ2n) is 10.4. The molecule has 0 unspecified atom stereocenters. The number of nitrogens with zero attached hydrogens (tertiary/aromatic N) is 2. The molecule has 4 N–H and O–H groups in total. The van der Waals surface area contributed by atoms with Gasteiger partial charge in [0.25, 0.3) is 11.8 Å². The Kier molecular flexibility index (Phi) is 15.2. The third kappa shape index (κ3) is 12.7. The van der Waals surface area contributed by atoms with Gasteiger partial charge < -0.3 is 30.5 Å². The van der Waals surface area contributed by atoms with Gasteiger partial charge in [-0.3, -0.25) is 9.59 Å². The zero-order valence-corrected chi connectivity index (χ0v) is 27.9. The summed E-state index contributed by atoms with van der Waals surface area (Å²) in [7, 11) is 3.08. The van der Waals surface area contributed by atoms with Crippen LogP contribution in [0.2, 0.25) is 0 Å². The monoisotopic (exact) mass is 686 g/mol. The Morgan fingerprint density at radius 1 is 0.542 bits per heavy atom. The van der Waals surface area contributed by atoms with Gasteiger partial charge in [0.1, 0.15) is 36.1 Å². The van der Waals surface area contributed by atoms with Crippen LogP contribution in [0.5, 0.6) is 11.5 Å². The highest BCUT2D eigenvalue weighted by Gasteiger charge is 2.14. The SMILES string of the molecule is O=C(NCCSSCCNC(=O)/C(Cc1ccc(OCc2ccccc2)cc1)=N/O)/C(Cc1ccc(OCc2ccccc2)cc1)=N\O. The van der Waals surface area contributed by atoms with E-state index in [1.807, 2.05) is 109 Å². The number of hydrogen-bond acceptors (Lipinski definition) is 10. The van der Waals surface area contributed by atoms with Crippen LogP contribution in [0, 0.1) is 0 Å². The maximum Gasteiger partial charge on any atom is 0.269 e. The molecule has 48 heavy (non-hydrogen) atoms. The quantitative estimate of drug-likeness (QED) is 0.0314. The number of benzene rings is 4. The van der Waals surface area contributed by atoms with E-state index in [-0.39, 0.29) is 24.3 Å². The second kappa shape index (κ2) is 20.3. The van der Waals surface area contributed by atoms with Crippen molar-refractivity contribution >= 4 is 44.8 Å². The number of oxime groups is 2. The molecule has 2 amide bonds. The fourth-order valence-electron chi connectivity index (χ4n) is 4.33. The van der Waals surface area contributed by atoms with Gasteiger partial charge in [-0.15, -0.1) is 0 Å². The molecule has 0 aliphatic carbocycles. The van der Waals surface area contributed by atoms with E-state index in [0.29, 0.717) is 49.3 Å². The lowest BCUT2D eigenvalue weighted by molar-refractivity contribution is -0.115. The largest absolute Gasteiger partial charge is 0.489 e. The van der Waals surface area contributed by atoms with Crippen molar-refractivity contribution in [3.8, 4) is 11.5 Å². The smallest absolute Gasteiger partial charge is 0.269 e. The molecule has 4 aromatic rings. The van der Waals surface area contributed by atoms with Crippen LogP contribution in [0.4, 0.5) is 0 Å². The van der Waals surface area contributed by atoms with Crippen molar-refractivity contribution in [1.82, 2.24) is 10.6 Å². The van der Waals surface area contributed by atoms with Gasteiger partial charge in [0.05, 0.1) is 0 Å². The Morgan fingerprint density at radius 3 is 1.27 bits per heavy atom. The van der Waals surface area contributed by atoms with Crippen molar-refractivity contribution in [2.45, 2.75) is 26.1 Å². The van der Waals surface area contributed by atoms with Gasteiger partial charge >= 0.3 is 0 Å². The van der Waals surface area contributed by atoms with E-state index in [1.54, 1.807) is 0 Å². The molecule has 0 aliphatic rings. The average Bonchev–Trinajstić information content (AvgIpc) is 3.13. The maximum atomic E-state index is 12.5. The van der Waals surface area contributed by atoms with Crippen molar-refractivity contribution in [1.29, 1.82) is 0 Å². The third-order valence-electron chi connectivity index (χ3n) is 6.88. The fraction of sp³-hybridized carbons (Fsp3) is 0.222. The number of rotatable bonds is 19. The normalized spacial score (nSPS) is 11.5. The van der Waals surface area contributed by atoms with Crippen LogP contribution >= 0.6 is 21.6 Å². The lowest BCUT2D eigenvalue weighted by atomic mass is 10.1. The molecular weight excluding hydrogens is 649 g/mol. The summed E-state index contributed by atoms with van der Waals surface area (Å²) in [5.74, 6) is 1.76. The summed E-state index contributed by atoms with van der Waals surface area (Å²) >= 11 is 0. The van der Waals surface area contributed by atoms with E-state index >= 15 is 0 Å². The molecule has 0 radical (unpaired) electrons. The summed E-state index contributed by atoms with van der Waals surface area (Å²) in [5.41, 5.74) is 3.79. The van der Waals surface area contributed by atoms with Gasteiger partial charge in [-0.05, 0) is 46.5 Å². The molecule has 0 atom stereocenters. The summed E-state index contributed by atoms with van der Waals surface area (Å²) in [5, 5.41) is 30.7. The minimum absolute atomic E-state index is 0.0157. The molecule has 10 nitrogen and oxygen atoms in total. The molecule has 0 bridgehead atoms. The van der Waals surface area contributed by atoms with E-state index in [0.717, 1.165) is 22.3 Å². The first-order chi connectivity index (χ1) is 23.5. The van der Waals surface area contributed by atoms with Crippen molar-refractivity contribution in [3.05, 3.63) is 131 Å². The first kappa shape index (κ1) is 35.9. The van der Waals surface area contributed by atoms with Gasteiger partial charge in [0.2, 0.25) is 0 Å². The molecule has 250 valence electrons. The molecule has 0 heterocycles. The first-order valence-corrected chi connectivity index (χ1v) is 17.8. The molecule has 12 heteroatoms. The number of carbonyl (C=O) groups is 2. The molecule has 0 saturated heterocycles. The Balaban J connectivity index is 1.05. The third-order valence-corrected chi connectivity index (χ3v) is 9.29. The highest BCUT2D eigenvalue weighted by atomic mass is 33.1. The van der Waals surface area contributed by atoms with Crippen molar-refractivity contribution in [2.24, 2.45) is 10.3 Å². The van der Waals surface area contributed by atoms with E-state index in [9.17, 15) is 20.0 Å². The average molecular weight is 687 g/mol. The number of nitrogens with one attached hydrogen (secondary N) is 2. The van der Waals surface area contributed by atoms with E-state index < -0.39 is 11.8 Å². The molecular formula is C36H38N4O6S2. The van der Waals surface area contributed by atoms with Crippen LogP contribution in [0.1, 0.15) is 22.3 Å². The van der Waals surface area contributed by atoms with Gasteiger partial charge in [-0.2, -0.15) is 0 Å². The summed E-state index contributed by atoms with van der Waals surface area (Å²) in [6.45, 7) is 1.68. The van der Waals surface area contributed by atoms with Crippen molar-refractivity contribution < 1.29 is 29.5 Å². The predicted octanol–water partition coefficient (Wildman–Crippen LogP) is 5.90. The minimum atomic E-state index is -0.440. The molecule has 0 spiro atoms. The predicted molar refractivity (Wildman–Crippen MR) is 191 cm³/mol. The Bertz CT molecular complexity index is 1500. The first-order valence-electron chi connectivity index (χ1n) is 15.3. The molecule has 0 aromatic heterocycles. The highest BCUT2D eigenvalue weighted by Crippen LogP contribution is 2.20. The summed E-state index contributed by atoms with van der Waals surface area (Å²) < 4.78 is 11.6. The Labute approximate surface area is 288 Å². The van der Waals surface area contributed by atoms with Crippen molar-refractivity contribution in [2.75, 3.05) is 24.6 Å². The topological polar surface area (TPSA) is 142 Å². The van der Waals surface area contributed by atoms with E-state index in [1.165, 1.54) is 21.6 Å². The van der Waals surface area contributed by atoms with Crippen LogP contribution in [0.15, 0.2) is 120 Å². The van der Waals surface area contributed by atoms with Gasteiger partial charge in [0.15, 0.2) is 0 Å². The highest BCUT2D eigenvalue weighted by molar-refractivity contribution is 8.76. The standard InChI is InChI=1S/C36H38N4O6S2/c41-35(33(39-43)23-27-11-15-31(16-12-27)45-25-29-7-3-1-4-8-29)37-19-21-47-48-22-20-38-36(42)34(40-44)24-28-13-17-32(18-14-28)46-26-30-9-5-2-6-10-30/h1-18,43-44H,19-26H2,(H,37,41)(H,38,42)/b39-33-,40-34+. The summed E-state index contributed by atoms with van der Waals surface area (Å²) in [4.78, 5) is 25.0. The molecule has 4 rings (SSSR count). The number of amides is 2. The van der Waals surface area contributed by atoms with Crippen molar-refractivity contribution in [3.63, 3.8) is 0 Å². The number of ether oxygens (including phenoxy) is 2. The van der Waals surface area contributed by atoms with Crippen LogP contribution in [0.3, 0.4) is 0 Å². The summed E-state index contributed by atoms with van der Waals surface area (Å²) in [6, 6.07) is 34.3. The summed E-state index contributed by atoms with van der Waals surface area (Å²) in [6.07, 6.45) is 0.354. The molecule has 0 aliphatic heterocycles. The molecule has 0 fully saturated rings. The fourth-order valence-corrected chi connectivity index (χ4v) is 6.15. The molecule has 0 saturated carbocycles. The zero-order chi connectivity index (χ0) is 33.8. The van der Waals surface area contributed by atoms with Crippen LogP contribution in [-0.2, 0) is 35.6 Å². The van der Waals surface area contributed by atoms with Gasteiger partial charge in [-0.1, -0.05) is 117 Å². The lowest BCUT2D eigenvalue weighted by Gasteiger charge is -2.09.